The number of amides is 1. The number of aryl methyl sites for hydroxylation is 1. The first kappa shape index (κ1) is 13.7. The van der Waals surface area contributed by atoms with Crippen molar-refractivity contribution in [3.8, 4) is 6.07 Å². The molecule has 3 rings (SSSR count). The molecule has 8 heteroatoms. The van der Waals surface area contributed by atoms with E-state index in [2.05, 4.69) is 15.4 Å². The van der Waals surface area contributed by atoms with Gasteiger partial charge in [0.1, 0.15) is 28.4 Å². The van der Waals surface area contributed by atoms with Gasteiger partial charge in [-0.3, -0.25) is 9.48 Å². The van der Waals surface area contributed by atoms with Crippen LogP contribution in [0.3, 0.4) is 0 Å². The van der Waals surface area contributed by atoms with Crippen LogP contribution >= 0.6 is 11.3 Å². The van der Waals surface area contributed by atoms with Crippen molar-refractivity contribution in [3.05, 3.63) is 27.8 Å². The van der Waals surface area contributed by atoms with E-state index in [1.54, 1.807) is 18.6 Å². The lowest BCUT2D eigenvalue weighted by Crippen LogP contribution is -2.14. The van der Waals surface area contributed by atoms with Gasteiger partial charge in [0.2, 0.25) is 0 Å². The lowest BCUT2D eigenvalue weighted by molar-refractivity contribution is 0.101. The molecule has 3 heterocycles. The van der Waals surface area contributed by atoms with Crippen LogP contribution < -0.4 is 5.32 Å². The van der Waals surface area contributed by atoms with Crippen molar-refractivity contribution < 1.29 is 9.53 Å². The molecular weight excluding hydrogens is 290 g/mol. The van der Waals surface area contributed by atoms with Gasteiger partial charge in [-0.05, 0) is 12.8 Å². The van der Waals surface area contributed by atoms with Crippen molar-refractivity contribution in [2.45, 2.75) is 18.9 Å². The molecule has 1 aliphatic heterocycles. The normalized spacial score (nSPS) is 17.6. The van der Waals surface area contributed by atoms with Gasteiger partial charge in [-0.1, -0.05) is 0 Å². The Kier molecular flexibility index (Phi) is 3.68. The third-order valence-electron chi connectivity index (χ3n) is 3.14. The highest BCUT2D eigenvalue weighted by atomic mass is 32.1. The van der Waals surface area contributed by atoms with Crippen molar-refractivity contribution in [3.63, 3.8) is 0 Å². The number of hydrogen-bond donors (Lipinski definition) is 1. The minimum atomic E-state index is -0.370. The van der Waals surface area contributed by atoms with Crippen LogP contribution in [0.5, 0.6) is 0 Å². The maximum atomic E-state index is 12.2. The first-order valence-electron chi connectivity index (χ1n) is 6.49. The third kappa shape index (κ3) is 2.79. The average molecular weight is 303 g/mol. The molecule has 1 fully saturated rings. The summed E-state index contributed by atoms with van der Waals surface area (Å²) in [4.78, 5) is 16.5. The lowest BCUT2D eigenvalue weighted by atomic mass is 10.2. The van der Waals surface area contributed by atoms with E-state index in [0.29, 0.717) is 11.3 Å². The largest absolute Gasteiger partial charge is 0.371 e. The maximum Gasteiger partial charge on any atom is 0.276 e. The Labute approximate surface area is 125 Å². The van der Waals surface area contributed by atoms with Crippen molar-refractivity contribution in [2.24, 2.45) is 7.05 Å². The summed E-state index contributed by atoms with van der Waals surface area (Å²) in [7, 11) is 1.69. The van der Waals surface area contributed by atoms with Gasteiger partial charge in [0.25, 0.3) is 5.91 Å². The number of rotatable bonds is 3. The van der Waals surface area contributed by atoms with Crippen LogP contribution in [0.1, 0.15) is 40.0 Å². The zero-order valence-electron chi connectivity index (χ0n) is 11.4. The predicted octanol–water partition coefficient (Wildman–Crippen LogP) is 1.85. The molecule has 0 spiro atoms. The minimum Gasteiger partial charge on any atom is -0.371 e. The molecule has 2 aromatic heterocycles. The van der Waals surface area contributed by atoms with E-state index in [1.165, 1.54) is 16.0 Å². The minimum absolute atomic E-state index is 0.000990. The molecule has 0 saturated carbocycles. The zero-order chi connectivity index (χ0) is 14.8. The second kappa shape index (κ2) is 5.63. The van der Waals surface area contributed by atoms with E-state index in [1.807, 2.05) is 6.07 Å². The van der Waals surface area contributed by atoms with Gasteiger partial charge in [-0.2, -0.15) is 10.4 Å². The predicted molar refractivity (Wildman–Crippen MR) is 75.9 cm³/mol. The summed E-state index contributed by atoms with van der Waals surface area (Å²) < 4.78 is 7.03. The quantitative estimate of drug-likeness (QED) is 0.934. The molecule has 1 unspecified atom stereocenters. The number of ether oxygens (including phenoxy) is 1. The van der Waals surface area contributed by atoms with Crippen LogP contribution in [0.25, 0.3) is 0 Å². The number of hydrogen-bond acceptors (Lipinski definition) is 6. The monoisotopic (exact) mass is 303 g/mol. The molecule has 21 heavy (non-hydrogen) atoms. The average Bonchev–Trinajstić information content (AvgIpc) is 3.18. The summed E-state index contributed by atoms with van der Waals surface area (Å²) in [6.45, 7) is 0.741. The van der Waals surface area contributed by atoms with Crippen LogP contribution in [0.15, 0.2) is 11.6 Å². The van der Waals surface area contributed by atoms with Crippen molar-refractivity contribution in [1.29, 1.82) is 5.26 Å². The first-order valence-corrected chi connectivity index (χ1v) is 7.37. The van der Waals surface area contributed by atoms with Crippen LogP contribution in [-0.4, -0.2) is 27.3 Å². The maximum absolute atomic E-state index is 12.2. The fourth-order valence-corrected chi connectivity index (χ4v) is 3.03. The summed E-state index contributed by atoms with van der Waals surface area (Å²) in [5.41, 5.74) is 0.639. The zero-order valence-corrected chi connectivity index (χ0v) is 12.2. The van der Waals surface area contributed by atoms with Crippen LogP contribution in [0.2, 0.25) is 0 Å². The number of nitrogens with zero attached hydrogens (tertiary/aromatic N) is 4. The molecule has 1 saturated heterocycles. The van der Waals surface area contributed by atoms with Gasteiger partial charge >= 0.3 is 0 Å². The fourth-order valence-electron chi connectivity index (χ4n) is 2.15. The lowest BCUT2D eigenvalue weighted by Gasteiger charge is -2.03. The molecule has 0 aliphatic carbocycles. The second-order valence-corrected chi connectivity index (χ2v) is 5.59. The van der Waals surface area contributed by atoms with E-state index < -0.39 is 0 Å². The third-order valence-corrected chi connectivity index (χ3v) is 4.08. The van der Waals surface area contributed by atoms with Crippen LogP contribution in [0, 0.1) is 11.3 Å². The standard InChI is InChI=1S/C13H13N5O2S/c1-18-6-8(5-14)11(17-18)16-12(19)9-7-21-13(15-9)10-3-2-4-20-10/h6-7,10H,2-4H2,1H3,(H,16,17,19). The number of nitriles is 1. The molecule has 1 amide bonds. The van der Waals surface area contributed by atoms with E-state index in [-0.39, 0.29) is 17.8 Å². The van der Waals surface area contributed by atoms with E-state index in [4.69, 9.17) is 10.00 Å². The molecule has 1 atom stereocenters. The Bertz CT molecular complexity index is 708. The highest BCUT2D eigenvalue weighted by Crippen LogP contribution is 2.30. The van der Waals surface area contributed by atoms with Crippen molar-refractivity contribution in [1.82, 2.24) is 14.8 Å². The number of nitrogens with one attached hydrogen (secondary N) is 1. The van der Waals surface area contributed by atoms with E-state index >= 15 is 0 Å². The molecule has 1 aliphatic rings. The first-order chi connectivity index (χ1) is 10.2. The highest BCUT2D eigenvalue weighted by molar-refractivity contribution is 7.09. The summed E-state index contributed by atoms with van der Waals surface area (Å²) in [6.07, 6.45) is 3.51. The van der Waals surface area contributed by atoms with Crippen LogP contribution in [0.4, 0.5) is 5.82 Å². The summed E-state index contributed by atoms with van der Waals surface area (Å²) in [6, 6.07) is 1.99. The summed E-state index contributed by atoms with van der Waals surface area (Å²) >= 11 is 1.41. The molecule has 1 N–H and O–H groups in total. The Morgan fingerprint density at radius 3 is 3.24 bits per heavy atom. The number of aromatic nitrogens is 3. The van der Waals surface area contributed by atoms with Gasteiger partial charge < -0.3 is 10.1 Å². The van der Waals surface area contributed by atoms with E-state index in [0.717, 1.165) is 24.5 Å². The topological polar surface area (TPSA) is 92.8 Å². The SMILES string of the molecule is Cn1cc(C#N)c(NC(=O)c2csc(C3CCCO3)n2)n1. The van der Waals surface area contributed by atoms with Crippen molar-refractivity contribution in [2.75, 3.05) is 11.9 Å². The van der Waals surface area contributed by atoms with Gasteiger partial charge in [0, 0.05) is 25.2 Å². The summed E-state index contributed by atoms with van der Waals surface area (Å²) in [5, 5.41) is 18.1. The Morgan fingerprint density at radius 2 is 2.52 bits per heavy atom. The van der Waals surface area contributed by atoms with Gasteiger partial charge in [0.15, 0.2) is 5.82 Å². The van der Waals surface area contributed by atoms with Gasteiger partial charge in [-0.25, -0.2) is 4.98 Å². The molecule has 2 aromatic rings. The van der Waals surface area contributed by atoms with Crippen molar-refractivity contribution >= 4 is 23.1 Å². The number of carbonyl (C=O) groups is 1. The van der Waals surface area contributed by atoms with Crippen LogP contribution in [-0.2, 0) is 11.8 Å². The smallest absolute Gasteiger partial charge is 0.276 e. The highest BCUT2D eigenvalue weighted by Gasteiger charge is 2.23. The number of anilines is 1. The molecule has 108 valence electrons. The number of thiazole rings is 1. The van der Waals surface area contributed by atoms with Gasteiger partial charge in [0.05, 0.1) is 0 Å². The Hall–Kier alpha value is -2.24. The summed E-state index contributed by atoms with van der Waals surface area (Å²) in [5.74, 6) is -0.123. The van der Waals surface area contributed by atoms with E-state index in [9.17, 15) is 4.79 Å². The van der Waals surface area contributed by atoms with Gasteiger partial charge in [-0.15, -0.1) is 11.3 Å². The molecule has 0 radical (unpaired) electrons. The molecule has 0 bridgehead atoms. The Morgan fingerprint density at radius 1 is 1.67 bits per heavy atom. The molecular formula is C13H13N5O2S. The fraction of sp³-hybridized carbons (Fsp3) is 0.385. The Balaban J connectivity index is 1.75. The molecule has 0 aromatic carbocycles. The molecule has 7 nitrogen and oxygen atoms in total. The number of carbonyl (C=O) groups excluding carboxylic acids is 1. The second-order valence-electron chi connectivity index (χ2n) is 4.70.